The summed E-state index contributed by atoms with van der Waals surface area (Å²) >= 11 is 0. The van der Waals surface area contributed by atoms with Crippen LogP contribution in [0.4, 0.5) is 16.2 Å². The molecule has 2 N–H and O–H groups in total. The van der Waals surface area contributed by atoms with Gasteiger partial charge in [-0.1, -0.05) is 19.3 Å². The second kappa shape index (κ2) is 9.66. The third-order valence-electron chi connectivity index (χ3n) is 4.53. The van der Waals surface area contributed by atoms with Crippen LogP contribution in [0, 0.1) is 6.92 Å². The molecule has 1 fully saturated rings. The smallest absolute Gasteiger partial charge is 0.319 e. The average Bonchev–Trinajstić information content (AvgIpc) is 2.52. The highest BCUT2D eigenvalue weighted by Crippen LogP contribution is 2.23. The first-order valence-electron chi connectivity index (χ1n) is 8.57. The molecule has 1 aliphatic rings. The van der Waals surface area contributed by atoms with Crippen molar-refractivity contribution in [3.63, 3.8) is 0 Å². The number of halogens is 1. The molecule has 5 heteroatoms. The average molecular weight is 339 g/mol. The van der Waals surface area contributed by atoms with Crippen molar-refractivity contribution in [1.82, 2.24) is 5.32 Å². The Labute approximate surface area is 146 Å². The molecular weight excluding hydrogens is 310 g/mol. The van der Waals surface area contributed by atoms with E-state index in [1.54, 1.807) is 0 Å². The molecule has 1 aromatic rings. The Balaban J connectivity index is 0.00000264. The Bertz CT molecular complexity index is 497. The Morgan fingerprint density at radius 2 is 1.83 bits per heavy atom. The van der Waals surface area contributed by atoms with Gasteiger partial charge in [-0.3, -0.25) is 0 Å². The molecule has 2 amide bonds. The van der Waals surface area contributed by atoms with E-state index in [1.807, 2.05) is 13.0 Å². The molecule has 0 heterocycles. The van der Waals surface area contributed by atoms with E-state index in [2.05, 4.69) is 41.5 Å². The van der Waals surface area contributed by atoms with Gasteiger partial charge in [-0.2, -0.15) is 0 Å². The van der Waals surface area contributed by atoms with Gasteiger partial charge in [0.15, 0.2) is 0 Å². The van der Waals surface area contributed by atoms with Crippen molar-refractivity contribution in [2.24, 2.45) is 0 Å². The van der Waals surface area contributed by atoms with Gasteiger partial charge in [0.2, 0.25) is 0 Å². The molecule has 0 radical (unpaired) electrons. The zero-order valence-corrected chi connectivity index (χ0v) is 15.2. The van der Waals surface area contributed by atoms with Gasteiger partial charge in [0, 0.05) is 30.5 Å². The van der Waals surface area contributed by atoms with Crippen LogP contribution in [-0.2, 0) is 0 Å². The van der Waals surface area contributed by atoms with Crippen LogP contribution in [0.3, 0.4) is 0 Å². The Morgan fingerprint density at radius 3 is 2.39 bits per heavy atom. The van der Waals surface area contributed by atoms with E-state index in [9.17, 15) is 4.79 Å². The number of nitrogens with zero attached hydrogens (tertiary/aromatic N) is 1. The molecule has 0 aliphatic heterocycles. The molecule has 0 bridgehead atoms. The predicted octanol–water partition coefficient (Wildman–Crippen LogP) is 1.30. The molecule has 1 saturated carbocycles. The van der Waals surface area contributed by atoms with Crippen LogP contribution < -0.4 is 27.9 Å². The van der Waals surface area contributed by atoms with Crippen LogP contribution >= 0.6 is 0 Å². The summed E-state index contributed by atoms with van der Waals surface area (Å²) in [6.07, 6.45) is 5.96. The molecule has 4 nitrogen and oxygen atoms in total. The van der Waals surface area contributed by atoms with Gasteiger partial charge in [0.1, 0.15) is 0 Å². The normalized spacial score (nSPS) is 14.7. The second-order valence-electron chi connectivity index (χ2n) is 6.10. The summed E-state index contributed by atoms with van der Waals surface area (Å²) in [4.78, 5) is 14.4. The molecule has 23 heavy (non-hydrogen) atoms. The number of carbonyl (C=O) groups excluding carboxylic acids is 1. The van der Waals surface area contributed by atoms with E-state index in [0.717, 1.165) is 37.2 Å². The quantitative estimate of drug-likeness (QED) is 0.850. The van der Waals surface area contributed by atoms with Crippen molar-refractivity contribution in [3.05, 3.63) is 23.8 Å². The van der Waals surface area contributed by atoms with E-state index in [0.29, 0.717) is 6.04 Å². The van der Waals surface area contributed by atoms with Crippen LogP contribution in [0.5, 0.6) is 0 Å². The van der Waals surface area contributed by atoms with E-state index in [4.69, 9.17) is 0 Å². The number of carbonyl (C=O) groups is 1. The molecule has 0 atom stereocenters. The van der Waals surface area contributed by atoms with Crippen LogP contribution in [0.1, 0.15) is 51.5 Å². The second-order valence-corrected chi connectivity index (χ2v) is 6.10. The minimum absolute atomic E-state index is 0. The first kappa shape index (κ1) is 19.6. The van der Waals surface area contributed by atoms with Gasteiger partial charge in [0.25, 0.3) is 0 Å². The van der Waals surface area contributed by atoms with Crippen LogP contribution in [0.25, 0.3) is 0 Å². The first-order valence-corrected chi connectivity index (χ1v) is 8.57. The lowest BCUT2D eigenvalue weighted by Gasteiger charge is -2.24. The minimum Gasteiger partial charge on any atom is -1.00 e. The Morgan fingerprint density at radius 1 is 1.17 bits per heavy atom. The summed E-state index contributed by atoms with van der Waals surface area (Å²) < 4.78 is 0. The van der Waals surface area contributed by atoms with Crippen molar-refractivity contribution in [3.8, 4) is 0 Å². The standard InChI is InChI=1S/C18H29N3O.ClH/c1-4-21(5-2)16-11-12-17(14(3)13-16)20-18(22)19-15-9-7-6-8-10-15;/h11-13,15H,4-10H2,1-3H3,(H2,19,20,22);1H/p-1. The predicted molar refractivity (Wildman–Crippen MR) is 93.8 cm³/mol. The zero-order chi connectivity index (χ0) is 15.9. The summed E-state index contributed by atoms with van der Waals surface area (Å²) in [7, 11) is 0. The van der Waals surface area contributed by atoms with Crippen LogP contribution in [0.15, 0.2) is 18.2 Å². The van der Waals surface area contributed by atoms with E-state index < -0.39 is 0 Å². The van der Waals surface area contributed by atoms with Gasteiger partial charge in [-0.05, 0) is 57.4 Å². The Kier molecular flexibility index (Phi) is 8.24. The van der Waals surface area contributed by atoms with Gasteiger partial charge in [-0.15, -0.1) is 0 Å². The topological polar surface area (TPSA) is 44.4 Å². The van der Waals surface area contributed by atoms with Gasteiger partial charge in [-0.25, -0.2) is 4.79 Å². The number of nitrogens with one attached hydrogen (secondary N) is 2. The lowest BCUT2D eigenvalue weighted by Crippen LogP contribution is -3.00. The summed E-state index contributed by atoms with van der Waals surface area (Å²) in [5.41, 5.74) is 3.20. The number of aryl methyl sites for hydroxylation is 1. The Hall–Kier alpha value is -1.42. The fraction of sp³-hybridized carbons (Fsp3) is 0.611. The van der Waals surface area contributed by atoms with Crippen molar-refractivity contribution >= 4 is 17.4 Å². The number of urea groups is 1. The molecule has 0 unspecified atom stereocenters. The monoisotopic (exact) mass is 338 g/mol. The van der Waals surface area contributed by atoms with Crippen LogP contribution in [0.2, 0.25) is 0 Å². The fourth-order valence-electron chi connectivity index (χ4n) is 3.16. The molecule has 2 rings (SSSR count). The number of amides is 2. The maximum Gasteiger partial charge on any atom is 0.319 e. The third-order valence-corrected chi connectivity index (χ3v) is 4.53. The van der Waals surface area contributed by atoms with Gasteiger partial charge < -0.3 is 27.9 Å². The number of benzene rings is 1. The zero-order valence-electron chi connectivity index (χ0n) is 14.5. The number of anilines is 2. The van der Waals surface area contributed by atoms with Gasteiger partial charge in [0.05, 0.1) is 0 Å². The number of rotatable bonds is 5. The van der Waals surface area contributed by atoms with Crippen molar-refractivity contribution < 1.29 is 17.2 Å². The van der Waals surface area contributed by atoms with E-state index in [1.165, 1.54) is 24.9 Å². The van der Waals surface area contributed by atoms with Gasteiger partial charge >= 0.3 is 6.03 Å². The highest BCUT2D eigenvalue weighted by atomic mass is 35.5. The molecular formula is C18H29ClN3O-. The van der Waals surface area contributed by atoms with E-state index >= 15 is 0 Å². The van der Waals surface area contributed by atoms with Crippen molar-refractivity contribution in [1.29, 1.82) is 0 Å². The number of hydrogen-bond donors (Lipinski definition) is 2. The summed E-state index contributed by atoms with van der Waals surface area (Å²) in [6, 6.07) is 6.48. The molecule has 0 spiro atoms. The molecule has 1 aromatic carbocycles. The van der Waals surface area contributed by atoms with Crippen LogP contribution in [-0.4, -0.2) is 25.2 Å². The fourth-order valence-corrected chi connectivity index (χ4v) is 3.16. The highest BCUT2D eigenvalue weighted by molar-refractivity contribution is 5.90. The molecule has 0 aromatic heterocycles. The maximum atomic E-state index is 12.1. The molecule has 0 saturated heterocycles. The minimum atomic E-state index is -0.0782. The third kappa shape index (κ3) is 5.61. The maximum absolute atomic E-state index is 12.1. The SMILES string of the molecule is CCN(CC)c1ccc(NC(=O)NC2CCCCC2)c(C)c1.[Cl-]. The summed E-state index contributed by atoms with van der Waals surface area (Å²) in [6.45, 7) is 8.34. The van der Waals surface area contributed by atoms with Crippen molar-refractivity contribution in [2.75, 3.05) is 23.3 Å². The largest absolute Gasteiger partial charge is 1.00 e. The lowest BCUT2D eigenvalue weighted by atomic mass is 9.96. The summed E-state index contributed by atoms with van der Waals surface area (Å²) in [5, 5.41) is 6.08. The first-order chi connectivity index (χ1) is 10.6. The molecule has 1 aliphatic carbocycles. The lowest BCUT2D eigenvalue weighted by molar-refractivity contribution is -0.00000808. The van der Waals surface area contributed by atoms with Crippen molar-refractivity contribution in [2.45, 2.75) is 58.9 Å². The molecule has 130 valence electrons. The van der Waals surface area contributed by atoms with E-state index in [-0.39, 0.29) is 18.4 Å². The number of hydrogen-bond acceptors (Lipinski definition) is 2. The highest BCUT2D eigenvalue weighted by Gasteiger charge is 2.16. The summed E-state index contributed by atoms with van der Waals surface area (Å²) in [5.74, 6) is 0.